The van der Waals surface area contributed by atoms with Crippen molar-refractivity contribution in [2.45, 2.75) is 51.2 Å². The standard InChI is InChI=1S/C16H20BrNO3/c1-11(16(20)18-13-5-3-2-4-6-13)21-14-7-8-15(17)12(9-14)10-19/h7-11,13H,2-6H2,1H3,(H,18,20). The SMILES string of the molecule is CC(Oc1ccc(Br)c(C=O)c1)C(=O)NC1CCCCC1. The van der Waals surface area contributed by atoms with E-state index in [0.29, 0.717) is 15.8 Å². The number of hydrogen-bond donors (Lipinski definition) is 1. The molecule has 1 fully saturated rings. The van der Waals surface area contributed by atoms with Crippen LogP contribution in [-0.4, -0.2) is 24.3 Å². The van der Waals surface area contributed by atoms with Crippen LogP contribution in [0.15, 0.2) is 22.7 Å². The highest BCUT2D eigenvalue weighted by Gasteiger charge is 2.20. The number of ether oxygens (including phenoxy) is 1. The molecule has 114 valence electrons. The van der Waals surface area contributed by atoms with Gasteiger partial charge in [0.15, 0.2) is 12.4 Å². The lowest BCUT2D eigenvalue weighted by atomic mass is 9.95. The van der Waals surface area contributed by atoms with Crippen molar-refractivity contribution >= 4 is 28.1 Å². The van der Waals surface area contributed by atoms with Gasteiger partial charge in [0.05, 0.1) is 0 Å². The van der Waals surface area contributed by atoms with Crippen molar-refractivity contribution in [2.75, 3.05) is 0 Å². The molecule has 1 aromatic carbocycles. The van der Waals surface area contributed by atoms with Crippen LogP contribution in [-0.2, 0) is 4.79 Å². The van der Waals surface area contributed by atoms with E-state index in [1.807, 2.05) is 0 Å². The molecule has 0 bridgehead atoms. The summed E-state index contributed by atoms with van der Waals surface area (Å²) in [6, 6.07) is 5.38. The molecule has 0 saturated heterocycles. The molecule has 0 aromatic heterocycles. The fraction of sp³-hybridized carbons (Fsp3) is 0.500. The van der Waals surface area contributed by atoms with E-state index in [4.69, 9.17) is 4.74 Å². The second-order valence-corrected chi connectivity index (χ2v) is 6.26. The van der Waals surface area contributed by atoms with Crippen LogP contribution in [0, 0.1) is 0 Å². The number of carbonyl (C=O) groups is 2. The van der Waals surface area contributed by atoms with Gasteiger partial charge in [0.2, 0.25) is 0 Å². The molecule has 0 heterocycles. The Hall–Kier alpha value is -1.36. The summed E-state index contributed by atoms with van der Waals surface area (Å²) < 4.78 is 6.34. The highest BCUT2D eigenvalue weighted by molar-refractivity contribution is 9.10. The van der Waals surface area contributed by atoms with Gasteiger partial charge in [0, 0.05) is 16.1 Å². The third kappa shape index (κ3) is 4.56. The number of halogens is 1. The number of rotatable bonds is 5. The minimum absolute atomic E-state index is 0.0996. The van der Waals surface area contributed by atoms with Crippen molar-refractivity contribution in [3.8, 4) is 5.75 Å². The van der Waals surface area contributed by atoms with E-state index < -0.39 is 6.10 Å². The van der Waals surface area contributed by atoms with Gasteiger partial charge in [-0.15, -0.1) is 0 Å². The molecule has 1 aliphatic carbocycles. The van der Waals surface area contributed by atoms with E-state index in [0.717, 1.165) is 19.1 Å². The minimum atomic E-state index is -0.576. The highest BCUT2D eigenvalue weighted by atomic mass is 79.9. The average molecular weight is 354 g/mol. The van der Waals surface area contributed by atoms with Gasteiger partial charge in [-0.2, -0.15) is 0 Å². The molecule has 0 spiro atoms. The van der Waals surface area contributed by atoms with Gasteiger partial charge < -0.3 is 10.1 Å². The maximum Gasteiger partial charge on any atom is 0.260 e. The molecule has 1 aromatic rings. The van der Waals surface area contributed by atoms with Crippen LogP contribution >= 0.6 is 15.9 Å². The van der Waals surface area contributed by atoms with Gasteiger partial charge in [-0.25, -0.2) is 0 Å². The number of nitrogens with one attached hydrogen (secondary N) is 1. The Labute approximate surface area is 133 Å². The first kappa shape index (κ1) is 16.0. The van der Waals surface area contributed by atoms with E-state index in [-0.39, 0.29) is 11.9 Å². The van der Waals surface area contributed by atoms with Crippen molar-refractivity contribution in [1.29, 1.82) is 0 Å². The van der Waals surface area contributed by atoms with Crippen LogP contribution in [0.5, 0.6) is 5.75 Å². The van der Waals surface area contributed by atoms with Crippen molar-refractivity contribution < 1.29 is 14.3 Å². The summed E-state index contributed by atoms with van der Waals surface area (Å²) >= 11 is 3.29. The summed E-state index contributed by atoms with van der Waals surface area (Å²) in [5.74, 6) is 0.420. The number of benzene rings is 1. The summed E-state index contributed by atoms with van der Waals surface area (Å²) in [6.45, 7) is 1.72. The second-order valence-electron chi connectivity index (χ2n) is 5.40. The Morgan fingerprint density at radius 2 is 2.10 bits per heavy atom. The zero-order valence-electron chi connectivity index (χ0n) is 12.1. The number of hydrogen-bond acceptors (Lipinski definition) is 3. The lowest BCUT2D eigenvalue weighted by Gasteiger charge is -2.24. The van der Waals surface area contributed by atoms with Crippen molar-refractivity contribution in [3.05, 3.63) is 28.2 Å². The quantitative estimate of drug-likeness (QED) is 0.824. The molecular weight excluding hydrogens is 334 g/mol. The fourth-order valence-corrected chi connectivity index (χ4v) is 2.85. The molecular formula is C16H20BrNO3. The molecule has 1 unspecified atom stereocenters. The molecule has 21 heavy (non-hydrogen) atoms. The van der Waals surface area contributed by atoms with Crippen LogP contribution in [0.1, 0.15) is 49.4 Å². The number of carbonyl (C=O) groups excluding carboxylic acids is 2. The van der Waals surface area contributed by atoms with Crippen LogP contribution in [0.2, 0.25) is 0 Å². The molecule has 1 aliphatic rings. The van der Waals surface area contributed by atoms with Gasteiger partial charge in [-0.1, -0.05) is 35.2 Å². The molecule has 0 aliphatic heterocycles. The third-order valence-corrected chi connectivity index (χ3v) is 4.45. The van der Waals surface area contributed by atoms with Crippen molar-refractivity contribution in [1.82, 2.24) is 5.32 Å². The molecule has 0 radical (unpaired) electrons. The van der Waals surface area contributed by atoms with E-state index in [1.165, 1.54) is 19.3 Å². The van der Waals surface area contributed by atoms with E-state index in [2.05, 4.69) is 21.2 Å². The van der Waals surface area contributed by atoms with Crippen LogP contribution in [0.4, 0.5) is 0 Å². The van der Waals surface area contributed by atoms with Gasteiger partial charge in [0.1, 0.15) is 5.75 Å². The second kappa shape index (κ2) is 7.59. The summed E-state index contributed by atoms with van der Waals surface area (Å²) in [5.41, 5.74) is 0.507. The Balaban J connectivity index is 1.92. The maximum absolute atomic E-state index is 12.1. The average Bonchev–Trinajstić information content (AvgIpc) is 2.50. The summed E-state index contributed by atoms with van der Waals surface area (Å²) in [6.07, 6.45) is 5.88. The van der Waals surface area contributed by atoms with Gasteiger partial charge >= 0.3 is 0 Å². The molecule has 5 heteroatoms. The summed E-state index contributed by atoms with van der Waals surface area (Å²) in [5, 5.41) is 3.04. The first-order valence-electron chi connectivity index (χ1n) is 7.32. The molecule has 1 atom stereocenters. The van der Waals surface area contributed by atoms with Crippen LogP contribution < -0.4 is 10.1 Å². The van der Waals surface area contributed by atoms with Crippen LogP contribution in [0.3, 0.4) is 0 Å². The Morgan fingerprint density at radius 3 is 2.76 bits per heavy atom. The lowest BCUT2D eigenvalue weighted by Crippen LogP contribution is -2.43. The highest BCUT2D eigenvalue weighted by Crippen LogP contribution is 2.22. The van der Waals surface area contributed by atoms with Crippen LogP contribution in [0.25, 0.3) is 0 Å². The smallest absolute Gasteiger partial charge is 0.260 e. The van der Waals surface area contributed by atoms with Gasteiger partial charge in [-0.05, 0) is 38.0 Å². The van der Waals surface area contributed by atoms with E-state index >= 15 is 0 Å². The van der Waals surface area contributed by atoms with E-state index in [9.17, 15) is 9.59 Å². The molecule has 1 saturated carbocycles. The molecule has 4 nitrogen and oxygen atoms in total. The lowest BCUT2D eigenvalue weighted by molar-refractivity contribution is -0.128. The zero-order chi connectivity index (χ0) is 15.2. The van der Waals surface area contributed by atoms with E-state index in [1.54, 1.807) is 25.1 Å². The normalized spacial score (nSPS) is 17.0. The predicted molar refractivity (Wildman–Crippen MR) is 84.6 cm³/mol. The fourth-order valence-electron chi connectivity index (χ4n) is 2.51. The molecule has 2 rings (SSSR count). The third-order valence-electron chi connectivity index (χ3n) is 3.73. The predicted octanol–water partition coefficient (Wildman–Crippen LogP) is 3.48. The largest absolute Gasteiger partial charge is 0.481 e. The maximum atomic E-state index is 12.1. The Kier molecular flexibility index (Phi) is 5.79. The zero-order valence-corrected chi connectivity index (χ0v) is 13.7. The monoisotopic (exact) mass is 353 g/mol. The first-order chi connectivity index (χ1) is 10.1. The summed E-state index contributed by atoms with van der Waals surface area (Å²) in [4.78, 5) is 23.0. The van der Waals surface area contributed by atoms with Crippen molar-refractivity contribution in [2.24, 2.45) is 0 Å². The summed E-state index contributed by atoms with van der Waals surface area (Å²) in [7, 11) is 0. The first-order valence-corrected chi connectivity index (χ1v) is 8.11. The van der Waals surface area contributed by atoms with Crippen molar-refractivity contribution in [3.63, 3.8) is 0 Å². The Morgan fingerprint density at radius 1 is 1.38 bits per heavy atom. The van der Waals surface area contributed by atoms with Gasteiger partial charge in [0.25, 0.3) is 5.91 Å². The molecule has 1 amide bonds. The molecule has 1 N–H and O–H groups in total. The topological polar surface area (TPSA) is 55.4 Å². The minimum Gasteiger partial charge on any atom is -0.481 e. The van der Waals surface area contributed by atoms with Gasteiger partial charge in [-0.3, -0.25) is 9.59 Å². The number of amides is 1. The number of aldehydes is 1. The Bertz CT molecular complexity index is 512.